The number of benzene rings is 1. The van der Waals surface area contributed by atoms with Crippen LogP contribution >= 0.6 is 0 Å². The quantitative estimate of drug-likeness (QED) is 0.246. The second-order valence-corrected chi connectivity index (χ2v) is 6.52. The van der Waals surface area contributed by atoms with Gasteiger partial charge in [-0.3, -0.25) is 4.79 Å². The summed E-state index contributed by atoms with van der Waals surface area (Å²) in [5, 5.41) is 13.7. The molecule has 1 aromatic carbocycles. The number of amidine groups is 2. The average molecular weight is 454 g/mol. The van der Waals surface area contributed by atoms with Gasteiger partial charge in [0.15, 0.2) is 11.4 Å². The molecule has 1 aromatic rings. The highest BCUT2D eigenvalue weighted by atomic mass is 16.6. The first-order valence-corrected chi connectivity index (χ1v) is 10.3. The Hall–Kier alpha value is -4.22. The largest absolute Gasteiger partial charge is 0.493 e. The normalized spacial score (nSPS) is 13.9. The van der Waals surface area contributed by atoms with Crippen molar-refractivity contribution in [2.24, 2.45) is 25.4 Å². The smallest absolute Gasteiger partial charge is 0.347 e. The highest BCUT2D eigenvalue weighted by Crippen LogP contribution is 2.26. The van der Waals surface area contributed by atoms with Gasteiger partial charge in [-0.05, 0) is 43.7 Å². The van der Waals surface area contributed by atoms with Gasteiger partial charge in [-0.1, -0.05) is 6.92 Å². The van der Waals surface area contributed by atoms with Crippen LogP contribution in [0.2, 0.25) is 0 Å². The molecule has 0 aromatic heterocycles. The van der Waals surface area contributed by atoms with E-state index in [0.717, 1.165) is 6.42 Å². The Morgan fingerprint density at radius 3 is 2.42 bits per heavy atom. The number of aliphatic imine (C=N–C) groups is 2. The third kappa shape index (κ3) is 5.53. The van der Waals surface area contributed by atoms with Crippen LogP contribution in [0.4, 0.5) is 5.69 Å². The van der Waals surface area contributed by atoms with E-state index in [1.54, 1.807) is 32.0 Å². The monoisotopic (exact) mass is 454 g/mol. The van der Waals surface area contributed by atoms with Crippen molar-refractivity contribution in [1.82, 2.24) is 0 Å². The zero-order valence-electron chi connectivity index (χ0n) is 18.3. The first kappa shape index (κ1) is 23.4. The third-order valence-corrected chi connectivity index (χ3v) is 4.17. The molecule has 0 radical (unpaired) electrons. The molecule has 1 N–H and O–H groups in total. The fourth-order valence-electron chi connectivity index (χ4n) is 2.72. The summed E-state index contributed by atoms with van der Waals surface area (Å²) in [7, 11) is 0. The van der Waals surface area contributed by atoms with E-state index in [1.807, 2.05) is 6.92 Å². The van der Waals surface area contributed by atoms with Gasteiger partial charge in [-0.15, -0.1) is 10.2 Å². The van der Waals surface area contributed by atoms with Crippen LogP contribution in [0.1, 0.15) is 32.8 Å². The Labute approximate surface area is 189 Å². The Morgan fingerprint density at radius 1 is 1.03 bits per heavy atom. The number of ether oxygens (including phenoxy) is 3. The van der Waals surface area contributed by atoms with Crippen LogP contribution in [-0.4, -0.2) is 55.0 Å². The fourth-order valence-corrected chi connectivity index (χ4v) is 2.72. The van der Waals surface area contributed by atoms with E-state index in [2.05, 4.69) is 30.7 Å². The molecule has 33 heavy (non-hydrogen) atoms. The Morgan fingerprint density at radius 2 is 1.76 bits per heavy atom. The standard InChI is InChI=1S/C21H22N6O6/c1-4-9-33-15-8-7-12(22-11-14(20(29)31-5-2)21(30)32-6-3)10-13(15)17-23-18-16(19(28)24-17)25-27-26-18/h7-8,10-11,22H,4-6,9H2,1-3H3. The predicted molar refractivity (Wildman–Crippen MR) is 118 cm³/mol. The van der Waals surface area contributed by atoms with Crippen LogP contribution in [-0.2, 0) is 23.9 Å². The third-order valence-electron chi connectivity index (χ3n) is 4.17. The lowest BCUT2D eigenvalue weighted by Crippen LogP contribution is -2.26. The lowest BCUT2D eigenvalue weighted by molar-refractivity contribution is -0.146. The predicted octanol–water partition coefficient (Wildman–Crippen LogP) is 2.40. The highest BCUT2D eigenvalue weighted by molar-refractivity contribution is 6.69. The van der Waals surface area contributed by atoms with E-state index in [0.29, 0.717) is 23.6 Å². The van der Waals surface area contributed by atoms with Crippen molar-refractivity contribution in [3.05, 3.63) is 35.5 Å². The molecule has 2 heterocycles. The van der Waals surface area contributed by atoms with Crippen LogP contribution in [0.3, 0.4) is 0 Å². The molecule has 2 aliphatic heterocycles. The Kier molecular flexibility index (Phi) is 7.73. The molecule has 0 fully saturated rings. The van der Waals surface area contributed by atoms with Crippen molar-refractivity contribution in [3.63, 3.8) is 0 Å². The molecule has 3 rings (SSSR count). The summed E-state index contributed by atoms with van der Waals surface area (Å²) in [4.78, 5) is 44.8. The SMILES string of the molecule is CCCOc1ccc(NC=C(C(=O)OCC)C(=O)OCC)cc1C1=NC(=O)C2=NN=NC2=N1. The van der Waals surface area contributed by atoms with E-state index in [9.17, 15) is 14.4 Å². The molecule has 0 spiro atoms. The first-order chi connectivity index (χ1) is 16.0. The van der Waals surface area contributed by atoms with E-state index in [-0.39, 0.29) is 36.2 Å². The molecule has 0 saturated heterocycles. The van der Waals surface area contributed by atoms with E-state index in [1.165, 1.54) is 6.20 Å². The second-order valence-electron chi connectivity index (χ2n) is 6.52. The van der Waals surface area contributed by atoms with Gasteiger partial charge in [0.05, 0.1) is 25.4 Å². The number of nitrogens with zero attached hydrogens (tertiary/aromatic N) is 5. The number of amides is 1. The summed E-state index contributed by atoms with van der Waals surface area (Å²) in [6.45, 7) is 5.84. The summed E-state index contributed by atoms with van der Waals surface area (Å²) >= 11 is 0. The second kappa shape index (κ2) is 10.9. The van der Waals surface area contributed by atoms with Crippen LogP contribution in [0.25, 0.3) is 0 Å². The lowest BCUT2D eigenvalue weighted by Gasteiger charge is -2.14. The summed E-state index contributed by atoms with van der Waals surface area (Å²) in [6.07, 6.45) is 1.95. The number of esters is 2. The van der Waals surface area contributed by atoms with E-state index in [4.69, 9.17) is 14.2 Å². The van der Waals surface area contributed by atoms with Gasteiger partial charge < -0.3 is 19.5 Å². The number of hydrogen-bond acceptors (Lipinski definition) is 11. The minimum atomic E-state index is -0.821. The van der Waals surface area contributed by atoms with Crippen LogP contribution in [0.5, 0.6) is 5.75 Å². The van der Waals surface area contributed by atoms with Gasteiger partial charge in [-0.2, -0.15) is 4.99 Å². The fraction of sp³-hybridized carbons (Fsp3) is 0.333. The summed E-state index contributed by atoms with van der Waals surface area (Å²) < 4.78 is 15.6. The minimum Gasteiger partial charge on any atom is -0.493 e. The molecule has 0 aliphatic carbocycles. The van der Waals surface area contributed by atoms with Gasteiger partial charge in [0.1, 0.15) is 5.75 Å². The lowest BCUT2D eigenvalue weighted by atomic mass is 10.1. The minimum absolute atomic E-state index is 0.0273. The number of anilines is 1. The van der Waals surface area contributed by atoms with Gasteiger partial charge in [0.2, 0.25) is 11.5 Å². The molecule has 172 valence electrons. The van der Waals surface area contributed by atoms with Gasteiger partial charge in [0.25, 0.3) is 0 Å². The van der Waals surface area contributed by atoms with Gasteiger partial charge >= 0.3 is 17.8 Å². The topological polar surface area (TPSA) is 153 Å². The molecule has 0 unspecified atom stereocenters. The number of hydrogen-bond donors (Lipinski definition) is 1. The molecular weight excluding hydrogens is 432 g/mol. The Balaban J connectivity index is 1.95. The maximum Gasteiger partial charge on any atom is 0.347 e. The summed E-state index contributed by atoms with van der Waals surface area (Å²) in [6, 6.07) is 4.93. The molecule has 0 saturated carbocycles. The van der Waals surface area contributed by atoms with Crippen molar-refractivity contribution in [1.29, 1.82) is 0 Å². The van der Waals surface area contributed by atoms with Crippen molar-refractivity contribution >= 4 is 40.9 Å². The van der Waals surface area contributed by atoms with Crippen molar-refractivity contribution in [3.8, 4) is 5.75 Å². The number of carbonyl (C=O) groups excluding carboxylic acids is 3. The van der Waals surface area contributed by atoms with Crippen LogP contribution in [0.15, 0.2) is 55.4 Å². The summed E-state index contributed by atoms with van der Waals surface area (Å²) in [5.74, 6) is -1.68. The number of carbonyl (C=O) groups is 3. The number of nitrogens with one attached hydrogen (secondary N) is 1. The highest BCUT2D eigenvalue weighted by Gasteiger charge is 2.29. The Bertz CT molecular complexity index is 1100. The van der Waals surface area contributed by atoms with Crippen LogP contribution in [0, 0.1) is 0 Å². The number of fused-ring (bicyclic) bond motifs is 1. The zero-order valence-corrected chi connectivity index (χ0v) is 18.3. The molecule has 1 amide bonds. The van der Waals surface area contributed by atoms with Crippen molar-refractivity contribution in [2.45, 2.75) is 27.2 Å². The van der Waals surface area contributed by atoms with Crippen LogP contribution < -0.4 is 10.1 Å². The molecule has 0 bridgehead atoms. The van der Waals surface area contributed by atoms with Gasteiger partial charge in [0, 0.05) is 11.9 Å². The molecular formula is C21H22N6O6. The molecule has 12 nitrogen and oxygen atoms in total. The van der Waals surface area contributed by atoms with Gasteiger partial charge in [-0.25, -0.2) is 14.6 Å². The summed E-state index contributed by atoms with van der Waals surface area (Å²) in [5.41, 5.74) is 0.533. The van der Waals surface area contributed by atoms with Crippen molar-refractivity contribution in [2.75, 3.05) is 25.1 Å². The maximum atomic E-state index is 12.3. The van der Waals surface area contributed by atoms with E-state index >= 15 is 0 Å². The molecule has 12 heteroatoms. The van der Waals surface area contributed by atoms with Crippen molar-refractivity contribution < 1.29 is 28.6 Å². The molecule has 0 atom stereocenters. The zero-order chi connectivity index (χ0) is 23.8. The first-order valence-electron chi connectivity index (χ1n) is 10.3. The van der Waals surface area contributed by atoms with E-state index < -0.39 is 17.8 Å². The molecule has 2 aliphatic rings. The maximum absolute atomic E-state index is 12.3. The average Bonchev–Trinajstić information content (AvgIpc) is 3.28. The number of rotatable bonds is 10.